The number of H-pyrrole nitrogens is 1. The highest BCUT2D eigenvalue weighted by Crippen LogP contribution is 2.26. The van der Waals surface area contributed by atoms with Crippen LogP contribution in [0.25, 0.3) is 11.4 Å². The minimum Gasteiger partial charge on any atom is -0.368 e. The number of hydrogen-bond donors (Lipinski definition) is 2. The first-order valence-electron chi connectivity index (χ1n) is 8.60. The summed E-state index contributed by atoms with van der Waals surface area (Å²) >= 11 is 0. The van der Waals surface area contributed by atoms with Crippen LogP contribution in [0.3, 0.4) is 0 Å². The average molecular weight is 356 g/mol. The van der Waals surface area contributed by atoms with E-state index in [0.717, 1.165) is 30.8 Å². The highest BCUT2D eigenvalue weighted by atomic mass is 16.5. The predicted octanol–water partition coefficient (Wildman–Crippen LogP) is 1.62. The van der Waals surface area contributed by atoms with Crippen molar-refractivity contribution in [2.45, 2.75) is 25.4 Å². The van der Waals surface area contributed by atoms with Gasteiger partial charge in [-0.3, -0.25) is 9.89 Å². The van der Waals surface area contributed by atoms with Gasteiger partial charge in [0.25, 0.3) is 11.8 Å². The maximum absolute atomic E-state index is 12.2. The molecule has 0 aromatic carbocycles. The largest absolute Gasteiger partial charge is 0.368 e. The molecule has 9 heteroatoms. The SMILES string of the molecule is Cn1cccc1-c1cc(C(=O)NCCc2noc([C@@H]3CCCO3)n2)[nH]n1. The number of carbonyl (C=O) groups is 1. The molecule has 4 heterocycles. The fourth-order valence-electron chi connectivity index (χ4n) is 2.95. The number of aryl methyl sites for hydroxylation is 1. The predicted molar refractivity (Wildman–Crippen MR) is 91.3 cm³/mol. The van der Waals surface area contributed by atoms with E-state index < -0.39 is 0 Å². The van der Waals surface area contributed by atoms with Crippen molar-refractivity contribution < 1.29 is 14.1 Å². The Morgan fingerprint density at radius 2 is 2.42 bits per heavy atom. The Labute approximate surface area is 149 Å². The first kappa shape index (κ1) is 16.5. The van der Waals surface area contributed by atoms with Crippen LogP contribution in [0, 0.1) is 0 Å². The van der Waals surface area contributed by atoms with E-state index in [0.29, 0.717) is 30.4 Å². The Kier molecular flexibility index (Phi) is 4.53. The summed E-state index contributed by atoms with van der Waals surface area (Å²) in [4.78, 5) is 16.6. The Hall–Kier alpha value is -2.94. The molecule has 1 fully saturated rings. The molecule has 4 rings (SSSR count). The Bertz CT molecular complexity index is 890. The lowest BCUT2D eigenvalue weighted by Crippen LogP contribution is -2.26. The van der Waals surface area contributed by atoms with Crippen LogP contribution in [0.5, 0.6) is 0 Å². The third-order valence-corrected chi connectivity index (χ3v) is 4.35. The van der Waals surface area contributed by atoms with Crippen LogP contribution in [0.2, 0.25) is 0 Å². The van der Waals surface area contributed by atoms with Crippen molar-refractivity contribution in [3.63, 3.8) is 0 Å². The molecule has 0 saturated carbocycles. The topological polar surface area (TPSA) is 111 Å². The van der Waals surface area contributed by atoms with Crippen molar-refractivity contribution in [1.29, 1.82) is 0 Å². The smallest absolute Gasteiger partial charge is 0.269 e. The molecule has 1 atom stereocenters. The number of aromatic nitrogens is 5. The van der Waals surface area contributed by atoms with E-state index in [1.807, 2.05) is 29.9 Å². The molecule has 0 aliphatic carbocycles. The summed E-state index contributed by atoms with van der Waals surface area (Å²) in [7, 11) is 1.93. The van der Waals surface area contributed by atoms with Crippen molar-refractivity contribution in [2.75, 3.05) is 13.2 Å². The number of rotatable bonds is 6. The standard InChI is InChI=1S/C17H20N6O3/c1-23-8-2-4-13(23)11-10-12(21-20-11)16(24)18-7-6-15-19-17(26-22-15)14-5-3-9-25-14/h2,4,8,10,14H,3,5-7,9H2,1H3,(H,18,24)(H,20,21)/t14-/m0/s1. The summed E-state index contributed by atoms with van der Waals surface area (Å²) in [5, 5.41) is 13.7. The third-order valence-electron chi connectivity index (χ3n) is 4.35. The third kappa shape index (κ3) is 3.38. The molecular weight excluding hydrogens is 336 g/mol. The van der Waals surface area contributed by atoms with E-state index in [1.165, 1.54) is 0 Å². The molecule has 3 aromatic heterocycles. The van der Waals surface area contributed by atoms with E-state index in [2.05, 4.69) is 25.7 Å². The Balaban J connectivity index is 1.30. The maximum atomic E-state index is 12.2. The summed E-state index contributed by atoms with van der Waals surface area (Å²) in [5.74, 6) is 0.857. The average Bonchev–Trinajstić information content (AvgIpc) is 3.41. The quantitative estimate of drug-likeness (QED) is 0.694. The van der Waals surface area contributed by atoms with E-state index in [1.54, 1.807) is 6.07 Å². The zero-order valence-electron chi connectivity index (χ0n) is 14.4. The maximum Gasteiger partial charge on any atom is 0.269 e. The highest BCUT2D eigenvalue weighted by Gasteiger charge is 2.23. The summed E-state index contributed by atoms with van der Waals surface area (Å²) < 4.78 is 12.7. The summed E-state index contributed by atoms with van der Waals surface area (Å²) in [6.45, 7) is 1.13. The lowest BCUT2D eigenvalue weighted by atomic mass is 10.2. The normalized spacial score (nSPS) is 16.9. The van der Waals surface area contributed by atoms with E-state index >= 15 is 0 Å². The zero-order valence-corrected chi connectivity index (χ0v) is 14.4. The Morgan fingerprint density at radius 1 is 1.50 bits per heavy atom. The van der Waals surface area contributed by atoms with Crippen molar-refractivity contribution in [3.05, 3.63) is 41.8 Å². The van der Waals surface area contributed by atoms with Crippen LogP contribution in [-0.2, 0) is 18.2 Å². The first-order valence-corrected chi connectivity index (χ1v) is 8.60. The molecule has 0 bridgehead atoms. The van der Waals surface area contributed by atoms with Crippen LogP contribution in [0.4, 0.5) is 0 Å². The molecule has 1 amide bonds. The molecule has 136 valence electrons. The summed E-state index contributed by atoms with van der Waals surface area (Å²) in [6, 6.07) is 5.61. The molecule has 0 unspecified atom stereocenters. The molecule has 0 spiro atoms. The molecule has 26 heavy (non-hydrogen) atoms. The molecule has 9 nitrogen and oxygen atoms in total. The lowest BCUT2D eigenvalue weighted by molar-refractivity contribution is 0.0835. The minimum atomic E-state index is -0.221. The van der Waals surface area contributed by atoms with E-state index in [4.69, 9.17) is 9.26 Å². The molecule has 1 aliphatic rings. The van der Waals surface area contributed by atoms with Gasteiger partial charge in [-0.25, -0.2) is 0 Å². The van der Waals surface area contributed by atoms with Gasteiger partial charge in [-0.15, -0.1) is 0 Å². The van der Waals surface area contributed by atoms with Gasteiger partial charge in [-0.05, 0) is 31.0 Å². The summed E-state index contributed by atoms with van der Waals surface area (Å²) in [6.07, 6.45) is 4.24. The summed E-state index contributed by atoms with van der Waals surface area (Å²) in [5.41, 5.74) is 2.07. The monoisotopic (exact) mass is 356 g/mol. The van der Waals surface area contributed by atoms with E-state index in [-0.39, 0.29) is 12.0 Å². The molecular formula is C17H20N6O3. The fraction of sp³-hybridized carbons (Fsp3) is 0.412. The number of carbonyl (C=O) groups excluding carboxylic acids is 1. The molecule has 0 radical (unpaired) electrons. The second-order valence-electron chi connectivity index (χ2n) is 6.23. The molecule has 1 saturated heterocycles. The fourth-order valence-corrected chi connectivity index (χ4v) is 2.95. The lowest BCUT2D eigenvalue weighted by Gasteiger charge is -2.01. The van der Waals surface area contributed by atoms with Gasteiger partial charge in [-0.1, -0.05) is 5.16 Å². The molecule has 2 N–H and O–H groups in total. The van der Waals surface area contributed by atoms with Crippen LogP contribution >= 0.6 is 0 Å². The van der Waals surface area contributed by atoms with Gasteiger partial charge in [0.05, 0.1) is 5.69 Å². The van der Waals surface area contributed by atoms with Gasteiger partial charge in [0.15, 0.2) is 5.82 Å². The number of amides is 1. The number of nitrogens with zero attached hydrogens (tertiary/aromatic N) is 4. The zero-order chi connectivity index (χ0) is 17.9. The van der Waals surface area contributed by atoms with Crippen molar-refractivity contribution >= 4 is 5.91 Å². The van der Waals surface area contributed by atoms with Gasteiger partial charge in [0.2, 0.25) is 0 Å². The van der Waals surface area contributed by atoms with Crippen LogP contribution in [-0.4, -0.2) is 44.0 Å². The second-order valence-corrected chi connectivity index (χ2v) is 6.23. The second kappa shape index (κ2) is 7.12. The highest BCUT2D eigenvalue weighted by molar-refractivity contribution is 5.93. The van der Waals surface area contributed by atoms with Crippen LogP contribution in [0.1, 0.15) is 41.1 Å². The van der Waals surface area contributed by atoms with Gasteiger partial charge in [0.1, 0.15) is 17.5 Å². The van der Waals surface area contributed by atoms with Crippen molar-refractivity contribution in [3.8, 4) is 11.4 Å². The van der Waals surface area contributed by atoms with Gasteiger partial charge >= 0.3 is 0 Å². The first-order chi connectivity index (χ1) is 12.7. The van der Waals surface area contributed by atoms with Crippen molar-refractivity contribution in [1.82, 2.24) is 30.2 Å². The number of ether oxygens (including phenoxy) is 1. The number of aromatic amines is 1. The van der Waals surface area contributed by atoms with Crippen LogP contribution in [0.15, 0.2) is 28.9 Å². The van der Waals surface area contributed by atoms with Gasteiger partial charge in [0, 0.05) is 32.8 Å². The van der Waals surface area contributed by atoms with Gasteiger partial charge < -0.3 is 19.1 Å². The minimum absolute atomic E-state index is 0.0910. The number of nitrogens with one attached hydrogen (secondary N) is 2. The molecule has 1 aliphatic heterocycles. The number of hydrogen-bond acceptors (Lipinski definition) is 6. The Morgan fingerprint density at radius 3 is 3.19 bits per heavy atom. The van der Waals surface area contributed by atoms with Crippen molar-refractivity contribution in [2.24, 2.45) is 7.05 Å². The van der Waals surface area contributed by atoms with Crippen LogP contribution < -0.4 is 5.32 Å². The van der Waals surface area contributed by atoms with E-state index in [9.17, 15) is 4.79 Å². The molecule has 3 aromatic rings. The van der Waals surface area contributed by atoms with Gasteiger partial charge in [-0.2, -0.15) is 10.1 Å².